The van der Waals surface area contributed by atoms with Crippen LogP contribution >= 0.6 is 22.7 Å². The second-order valence-corrected chi connectivity index (χ2v) is 9.10. The Balaban J connectivity index is 1.50. The molecule has 0 aliphatic carbocycles. The number of aryl methyl sites for hydroxylation is 3. The van der Waals surface area contributed by atoms with Crippen molar-refractivity contribution in [3.8, 4) is 11.3 Å². The molecule has 152 valence electrons. The Morgan fingerprint density at radius 2 is 1.87 bits per heavy atom. The number of thiophene rings is 1. The summed E-state index contributed by atoms with van der Waals surface area (Å²) in [4.78, 5) is 32.0. The van der Waals surface area contributed by atoms with Crippen LogP contribution in [0.15, 0.2) is 52.5 Å². The number of carbonyl (C=O) groups is 2. The van der Waals surface area contributed by atoms with E-state index in [0.717, 1.165) is 16.8 Å². The van der Waals surface area contributed by atoms with Gasteiger partial charge in [0, 0.05) is 31.9 Å². The maximum atomic E-state index is 12.7. The summed E-state index contributed by atoms with van der Waals surface area (Å²) in [5.41, 5.74) is 3.76. The maximum Gasteiger partial charge on any atom is 0.291 e. The van der Waals surface area contributed by atoms with Crippen molar-refractivity contribution in [3.63, 3.8) is 0 Å². The second-order valence-electron chi connectivity index (χ2n) is 6.78. The number of benzene rings is 1. The van der Waals surface area contributed by atoms with Gasteiger partial charge in [0.05, 0.1) is 12.0 Å². The molecule has 2 N–H and O–H groups in total. The van der Waals surface area contributed by atoms with E-state index >= 15 is 0 Å². The van der Waals surface area contributed by atoms with Gasteiger partial charge in [0.15, 0.2) is 10.9 Å². The Bertz CT molecular complexity index is 1220. The second kappa shape index (κ2) is 8.25. The van der Waals surface area contributed by atoms with Crippen molar-refractivity contribution in [1.29, 1.82) is 0 Å². The van der Waals surface area contributed by atoms with Gasteiger partial charge in [-0.25, -0.2) is 4.98 Å². The molecular formula is C22H19N3O3S2. The SMILES string of the molecule is Cc1cc(-c2csc(NC(=O)c3ccc(C)c(NC(=O)c4ccco4)c3)n2)c(C)s1. The van der Waals surface area contributed by atoms with Gasteiger partial charge in [-0.15, -0.1) is 22.7 Å². The highest BCUT2D eigenvalue weighted by molar-refractivity contribution is 7.14. The fraction of sp³-hybridized carbons (Fsp3) is 0.136. The molecular weight excluding hydrogens is 418 g/mol. The van der Waals surface area contributed by atoms with Crippen LogP contribution in [-0.2, 0) is 0 Å². The molecule has 0 saturated carbocycles. The fourth-order valence-corrected chi connectivity index (χ4v) is 4.64. The lowest BCUT2D eigenvalue weighted by atomic mass is 10.1. The van der Waals surface area contributed by atoms with E-state index < -0.39 is 0 Å². The number of amides is 2. The van der Waals surface area contributed by atoms with Crippen molar-refractivity contribution < 1.29 is 14.0 Å². The fourth-order valence-electron chi connectivity index (χ4n) is 3.00. The number of nitrogens with zero attached hydrogens (tertiary/aromatic N) is 1. The highest BCUT2D eigenvalue weighted by atomic mass is 32.1. The monoisotopic (exact) mass is 437 g/mol. The van der Waals surface area contributed by atoms with E-state index in [-0.39, 0.29) is 17.6 Å². The zero-order valence-electron chi connectivity index (χ0n) is 16.6. The van der Waals surface area contributed by atoms with Crippen molar-refractivity contribution in [2.45, 2.75) is 20.8 Å². The standard InChI is InChI=1S/C22H19N3O3S2/c1-12-6-7-15(10-17(12)23-21(27)19-5-4-8-28-19)20(26)25-22-24-18(11-29-22)16-9-13(2)30-14(16)3/h4-11H,1-3H3,(H,23,27)(H,24,25,26). The highest BCUT2D eigenvalue weighted by Crippen LogP contribution is 2.32. The van der Waals surface area contributed by atoms with Gasteiger partial charge < -0.3 is 9.73 Å². The summed E-state index contributed by atoms with van der Waals surface area (Å²) in [7, 11) is 0. The lowest BCUT2D eigenvalue weighted by Gasteiger charge is -2.09. The van der Waals surface area contributed by atoms with Crippen LogP contribution in [0.5, 0.6) is 0 Å². The van der Waals surface area contributed by atoms with E-state index in [1.165, 1.54) is 27.4 Å². The molecule has 30 heavy (non-hydrogen) atoms. The molecule has 3 heterocycles. The molecule has 3 aromatic heterocycles. The van der Waals surface area contributed by atoms with Crippen molar-refractivity contribution in [2.24, 2.45) is 0 Å². The van der Waals surface area contributed by atoms with Crippen LogP contribution in [0, 0.1) is 20.8 Å². The molecule has 8 heteroatoms. The minimum Gasteiger partial charge on any atom is -0.459 e. The first-order chi connectivity index (χ1) is 14.4. The molecule has 0 radical (unpaired) electrons. The van der Waals surface area contributed by atoms with E-state index in [4.69, 9.17) is 4.42 Å². The largest absolute Gasteiger partial charge is 0.459 e. The number of hydrogen-bond acceptors (Lipinski definition) is 6. The zero-order chi connectivity index (χ0) is 21.3. The van der Waals surface area contributed by atoms with Crippen LogP contribution in [0.2, 0.25) is 0 Å². The first-order valence-corrected chi connectivity index (χ1v) is 10.9. The van der Waals surface area contributed by atoms with E-state index in [1.807, 2.05) is 12.3 Å². The number of carbonyl (C=O) groups excluding carboxylic acids is 2. The molecule has 0 saturated heterocycles. The summed E-state index contributed by atoms with van der Waals surface area (Å²) in [5.74, 6) is -0.451. The summed E-state index contributed by atoms with van der Waals surface area (Å²) in [6.07, 6.45) is 1.44. The Hall–Kier alpha value is -3.23. The summed E-state index contributed by atoms with van der Waals surface area (Å²) in [5, 5.41) is 8.09. The molecule has 0 aliphatic heterocycles. The third kappa shape index (κ3) is 4.19. The Kier molecular flexibility index (Phi) is 5.52. The number of rotatable bonds is 5. The molecule has 0 spiro atoms. The average Bonchev–Trinajstić information content (AvgIpc) is 3.45. The van der Waals surface area contributed by atoms with Crippen molar-refractivity contribution in [2.75, 3.05) is 10.6 Å². The summed E-state index contributed by atoms with van der Waals surface area (Å²) < 4.78 is 5.12. The molecule has 1 aromatic carbocycles. The molecule has 2 amide bonds. The summed E-state index contributed by atoms with van der Waals surface area (Å²) in [6.45, 7) is 5.99. The third-order valence-corrected chi connectivity index (χ3v) is 6.26. The zero-order valence-corrected chi connectivity index (χ0v) is 18.2. The predicted molar refractivity (Wildman–Crippen MR) is 121 cm³/mol. The minimum atomic E-state index is -0.369. The average molecular weight is 438 g/mol. The van der Waals surface area contributed by atoms with Crippen LogP contribution in [0.4, 0.5) is 10.8 Å². The Morgan fingerprint density at radius 3 is 2.57 bits per heavy atom. The summed E-state index contributed by atoms with van der Waals surface area (Å²) >= 11 is 3.11. The normalized spacial score (nSPS) is 10.8. The number of aromatic nitrogens is 1. The maximum absolute atomic E-state index is 12.7. The van der Waals surface area contributed by atoms with Gasteiger partial charge in [0.2, 0.25) is 0 Å². The van der Waals surface area contributed by atoms with E-state index in [2.05, 4.69) is 35.5 Å². The quantitative estimate of drug-likeness (QED) is 0.407. The van der Waals surface area contributed by atoms with Crippen molar-refractivity contribution >= 4 is 45.3 Å². The van der Waals surface area contributed by atoms with Gasteiger partial charge in [-0.3, -0.25) is 14.9 Å². The minimum absolute atomic E-state index is 0.207. The van der Waals surface area contributed by atoms with Gasteiger partial charge >= 0.3 is 0 Å². The molecule has 0 bridgehead atoms. The molecule has 4 aromatic rings. The van der Waals surface area contributed by atoms with E-state index in [0.29, 0.717) is 16.4 Å². The topological polar surface area (TPSA) is 84.2 Å². The van der Waals surface area contributed by atoms with Crippen LogP contribution in [0.1, 0.15) is 36.2 Å². The Morgan fingerprint density at radius 1 is 1.03 bits per heavy atom. The first-order valence-electron chi connectivity index (χ1n) is 9.20. The van der Waals surface area contributed by atoms with Gasteiger partial charge in [-0.05, 0) is 56.7 Å². The molecule has 0 aliphatic rings. The van der Waals surface area contributed by atoms with E-state index in [9.17, 15) is 9.59 Å². The van der Waals surface area contributed by atoms with Gasteiger partial charge in [-0.1, -0.05) is 6.07 Å². The molecule has 0 unspecified atom stereocenters. The van der Waals surface area contributed by atoms with Crippen LogP contribution in [-0.4, -0.2) is 16.8 Å². The smallest absolute Gasteiger partial charge is 0.291 e. The van der Waals surface area contributed by atoms with Gasteiger partial charge in [0.25, 0.3) is 11.8 Å². The molecule has 4 rings (SSSR count). The number of nitrogens with one attached hydrogen (secondary N) is 2. The van der Waals surface area contributed by atoms with Crippen molar-refractivity contribution in [1.82, 2.24) is 4.98 Å². The first kappa shape index (κ1) is 20.1. The van der Waals surface area contributed by atoms with Gasteiger partial charge in [-0.2, -0.15) is 0 Å². The van der Waals surface area contributed by atoms with Crippen LogP contribution < -0.4 is 10.6 Å². The highest BCUT2D eigenvalue weighted by Gasteiger charge is 2.15. The number of furan rings is 1. The lowest BCUT2D eigenvalue weighted by Crippen LogP contribution is -2.15. The summed E-state index contributed by atoms with van der Waals surface area (Å²) in [6, 6.07) is 10.5. The number of thiazole rings is 1. The third-order valence-electron chi connectivity index (χ3n) is 4.53. The van der Waals surface area contributed by atoms with Gasteiger partial charge in [0.1, 0.15) is 0 Å². The molecule has 6 nitrogen and oxygen atoms in total. The predicted octanol–water partition coefficient (Wildman–Crippen LogP) is 5.89. The van der Waals surface area contributed by atoms with Crippen molar-refractivity contribution in [3.05, 3.63) is 74.7 Å². The molecule has 0 atom stereocenters. The number of anilines is 2. The Labute approximate surface area is 181 Å². The van der Waals surface area contributed by atoms with Crippen LogP contribution in [0.3, 0.4) is 0 Å². The number of hydrogen-bond donors (Lipinski definition) is 2. The van der Waals surface area contributed by atoms with Crippen LogP contribution in [0.25, 0.3) is 11.3 Å². The lowest BCUT2D eigenvalue weighted by molar-refractivity contribution is 0.0993. The molecule has 0 fully saturated rings. The van der Waals surface area contributed by atoms with E-state index in [1.54, 1.807) is 41.7 Å².